The first-order valence-electron chi connectivity index (χ1n) is 5.95. The Balaban J connectivity index is 2.25. The summed E-state index contributed by atoms with van der Waals surface area (Å²) in [4.78, 5) is 22.3. The Morgan fingerprint density at radius 2 is 1.95 bits per heavy atom. The number of carboxylic acids is 1. The van der Waals surface area contributed by atoms with Crippen LogP contribution in [0.3, 0.4) is 0 Å². The molecular formula is C10H9F5N4O3. The molecule has 1 saturated heterocycles. The van der Waals surface area contributed by atoms with Gasteiger partial charge in [0, 0.05) is 13.1 Å². The number of nitrogens with zero attached hydrogens (tertiary/aromatic N) is 4. The Morgan fingerprint density at radius 3 is 2.45 bits per heavy atom. The van der Waals surface area contributed by atoms with Crippen LogP contribution >= 0.6 is 0 Å². The lowest BCUT2D eigenvalue weighted by molar-refractivity contribution is -0.184. The Kier molecular flexibility index (Phi) is 4.02. The quantitative estimate of drug-likeness (QED) is 0.844. The zero-order valence-corrected chi connectivity index (χ0v) is 10.7. The number of aromatic carboxylic acids is 1. The SMILES string of the molecule is O=C(O)c1nnn(C2CCN(C(=O)C(F)(F)F)C2)c1C(F)F. The minimum absolute atomic E-state index is 0.0655. The van der Waals surface area contributed by atoms with Crippen molar-refractivity contribution in [1.82, 2.24) is 19.9 Å². The number of rotatable bonds is 3. The maximum atomic E-state index is 13.0. The molecule has 7 nitrogen and oxygen atoms in total. The summed E-state index contributed by atoms with van der Waals surface area (Å²) < 4.78 is 63.5. The summed E-state index contributed by atoms with van der Waals surface area (Å²) in [6, 6.07) is -0.990. The average molecular weight is 328 g/mol. The molecule has 1 unspecified atom stereocenters. The van der Waals surface area contributed by atoms with Crippen LogP contribution in [-0.2, 0) is 4.79 Å². The van der Waals surface area contributed by atoms with Gasteiger partial charge in [-0.2, -0.15) is 13.2 Å². The molecule has 1 fully saturated rings. The van der Waals surface area contributed by atoms with E-state index in [2.05, 4.69) is 10.3 Å². The molecule has 2 rings (SSSR count). The molecule has 1 N–H and O–H groups in total. The van der Waals surface area contributed by atoms with E-state index in [1.807, 2.05) is 0 Å². The zero-order valence-electron chi connectivity index (χ0n) is 10.7. The van der Waals surface area contributed by atoms with Crippen molar-refractivity contribution in [2.75, 3.05) is 13.1 Å². The lowest BCUT2D eigenvalue weighted by atomic mass is 10.2. The van der Waals surface area contributed by atoms with E-state index in [9.17, 15) is 31.5 Å². The number of alkyl halides is 5. The van der Waals surface area contributed by atoms with Crippen molar-refractivity contribution in [3.8, 4) is 0 Å². The van der Waals surface area contributed by atoms with Gasteiger partial charge >= 0.3 is 18.1 Å². The standard InChI is InChI=1S/C10H9F5N4O3/c11-7(12)6-5(8(20)21)16-17-19(6)4-1-2-18(3-4)9(22)10(13,14)15/h4,7H,1-3H2,(H,20,21). The van der Waals surface area contributed by atoms with Crippen molar-refractivity contribution < 1.29 is 36.6 Å². The summed E-state index contributed by atoms with van der Waals surface area (Å²) in [6.45, 7) is -0.797. The molecule has 1 atom stereocenters. The third kappa shape index (κ3) is 2.85. The largest absolute Gasteiger partial charge is 0.476 e. The number of carboxylic acid groups (broad SMARTS) is 1. The molecule has 12 heteroatoms. The molecule has 0 aliphatic carbocycles. The highest BCUT2D eigenvalue weighted by Crippen LogP contribution is 2.30. The molecular weight excluding hydrogens is 319 g/mol. The third-order valence-electron chi connectivity index (χ3n) is 3.18. The second-order valence-corrected chi connectivity index (χ2v) is 4.57. The lowest BCUT2D eigenvalue weighted by Crippen LogP contribution is -2.39. The summed E-state index contributed by atoms with van der Waals surface area (Å²) >= 11 is 0. The lowest BCUT2D eigenvalue weighted by Gasteiger charge is -2.18. The molecule has 1 aliphatic rings. The summed E-state index contributed by atoms with van der Waals surface area (Å²) in [5.74, 6) is -3.80. The maximum Gasteiger partial charge on any atom is 0.471 e. The number of carbonyl (C=O) groups excluding carboxylic acids is 1. The Hall–Kier alpha value is -2.27. The van der Waals surface area contributed by atoms with Crippen molar-refractivity contribution in [2.45, 2.75) is 25.1 Å². The van der Waals surface area contributed by atoms with Crippen LogP contribution in [0.15, 0.2) is 0 Å². The highest BCUT2D eigenvalue weighted by molar-refractivity contribution is 5.86. The van der Waals surface area contributed by atoms with E-state index >= 15 is 0 Å². The number of aromatic nitrogens is 3. The third-order valence-corrected chi connectivity index (χ3v) is 3.18. The van der Waals surface area contributed by atoms with Crippen LogP contribution in [0.2, 0.25) is 0 Å². The summed E-state index contributed by atoms with van der Waals surface area (Å²) in [5, 5.41) is 15.1. The van der Waals surface area contributed by atoms with Crippen LogP contribution in [0.1, 0.15) is 35.1 Å². The first-order valence-corrected chi connectivity index (χ1v) is 5.95. The Labute approximate surface area is 119 Å². The van der Waals surface area contributed by atoms with Gasteiger partial charge in [0.15, 0.2) is 5.69 Å². The van der Waals surface area contributed by atoms with E-state index in [1.165, 1.54) is 0 Å². The van der Waals surface area contributed by atoms with E-state index in [0.29, 0.717) is 9.58 Å². The smallest absolute Gasteiger partial charge is 0.471 e. The minimum atomic E-state index is -5.06. The molecule has 22 heavy (non-hydrogen) atoms. The fraction of sp³-hybridized carbons (Fsp3) is 0.600. The molecule has 1 aromatic heterocycles. The van der Waals surface area contributed by atoms with Gasteiger partial charge < -0.3 is 10.0 Å². The molecule has 0 radical (unpaired) electrons. The van der Waals surface area contributed by atoms with Crippen molar-refractivity contribution in [2.24, 2.45) is 0 Å². The van der Waals surface area contributed by atoms with E-state index in [-0.39, 0.29) is 13.0 Å². The molecule has 122 valence electrons. The molecule has 0 bridgehead atoms. The molecule has 0 saturated carbocycles. The number of halogens is 5. The van der Waals surface area contributed by atoms with E-state index in [1.54, 1.807) is 0 Å². The molecule has 2 heterocycles. The van der Waals surface area contributed by atoms with Gasteiger partial charge in [-0.15, -0.1) is 5.10 Å². The van der Waals surface area contributed by atoms with Gasteiger partial charge in [-0.3, -0.25) is 4.79 Å². The van der Waals surface area contributed by atoms with E-state index in [0.717, 1.165) is 0 Å². The topological polar surface area (TPSA) is 88.3 Å². The van der Waals surface area contributed by atoms with Gasteiger partial charge in [-0.05, 0) is 6.42 Å². The van der Waals surface area contributed by atoms with Gasteiger partial charge in [0.1, 0.15) is 5.69 Å². The monoisotopic (exact) mass is 328 g/mol. The number of carbonyl (C=O) groups is 2. The maximum absolute atomic E-state index is 13.0. The molecule has 0 aromatic carbocycles. The highest BCUT2D eigenvalue weighted by Gasteiger charge is 2.45. The fourth-order valence-corrected chi connectivity index (χ4v) is 2.23. The first-order chi connectivity index (χ1) is 10.1. The predicted octanol–water partition coefficient (Wildman–Crippen LogP) is 1.25. The van der Waals surface area contributed by atoms with Gasteiger partial charge in [-0.1, -0.05) is 5.21 Å². The number of likely N-dealkylation sites (tertiary alicyclic amines) is 1. The van der Waals surface area contributed by atoms with Crippen LogP contribution < -0.4 is 0 Å². The van der Waals surface area contributed by atoms with Gasteiger partial charge in [0.25, 0.3) is 6.43 Å². The number of amides is 1. The Bertz CT molecular complexity index is 600. The second kappa shape index (κ2) is 5.50. The predicted molar refractivity (Wildman–Crippen MR) is 58.2 cm³/mol. The van der Waals surface area contributed by atoms with Crippen LogP contribution in [0, 0.1) is 0 Å². The fourth-order valence-electron chi connectivity index (χ4n) is 2.23. The minimum Gasteiger partial charge on any atom is -0.476 e. The number of hydrogen-bond donors (Lipinski definition) is 1. The average Bonchev–Trinajstić information content (AvgIpc) is 3.02. The first kappa shape index (κ1) is 16.1. The van der Waals surface area contributed by atoms with Crippen LogP contribution in [0.25, 0.3) is 0 Å². The van der Waals surface area contributed by atoms with Gasteiger partial charge in [0.2, 0.25) is 0 Å². The molecule has 1 aliphatic heterocycles. The number of hydrogen-bond acceptors (Lipinski definition) is 4. The van der Waals surface area contributed by atoms with Crippen LogP contribution in [0.4, 0.5) is 22.0 Å². The van der Waals surface area contributed by atoms with Gasteiger partial charge in [-0.25, -0.2) is 18.3 Å². The Morgan fingerprint density at radius 1 is 1.32 bits per heavy atom. The summed E-state index contributed by atoms with van der Waals surface area (Å²) in [7, 11) is 0. The highest BCUT2D eigenvalue weighted by atomic mass is 19.4. The van der Waals surface area contributed by atoms with E-state index < -0.39 is 48.5 Å². The summed E-state index contributed by atoms with van der Waals surface area (Å²) in [5.41, 5.74) is -1.95. The zero-order chi connectivity index (χ0) is 16.7. The van der Waals surface area contributed by atoms with Crippen LogP contribution in [-0.4, -0.2) is 56.1 Å². The van der Waals surface area contributed by atoms with Crippen LogP contribution in [0.5, 0.6) is 0 Å². The second-order valence-electron chi connectivity index (χ2n) is 4.57. The van der Waals surface area contributed by atoms with Crippen molar-refractivity contribution in [3.63, 3.8) is 0 Å². The van der Waals surface area contributed by atoms with Crippen molar-refractivity contribution in [1.29, 1.82) is 0 Å². The van der Waals surface area contributed by atoms with Crippen molar-refractivity contribution in [3.05, 3.63) is 11.4 Å². The van der Waals surface area contributed by atoms with Gasteiger partial charge in [0.05, 0.1) is 6.04 Å². The molecule has 0 spiro atoms. The normalized spacial score (nSPS) is 19.0. The molecule has 1 amide bonds. The van der Waals surface area contributed by atoms with E-state index in [4.69, 9.17) is 5.11 Å². The van der Waals surface area contributed by atoms with Crippen molar-refractivity contribution >= 4 is 11.9 Å². The molecule has 1 aromatic rings. The summed E-state index contributed by atoms with van der Waals surface area (Å²) in [6.07, 6.45) is -8.34.